The Kier molecular flexibility index (Phi) is 7.36. The van der Waals surface area contributed by atoms with Gasteiger partial charge in [0.2, 0.25) is 0 Å². The first kappa shape index (κ1) is 25.0. The predicted molar refractivity (Wildman–Crippen MR) is 136 cm³/mol. The van der Waals surface area contributed by atoms with E-state index in [-0.39, 0.29) is 29.6 Å². The number of hydrogen-bond acceptors (Lipinski definition) is 7. The van der Waals surface area contributed by atoms with Crippen molar-refractivity contribution in [2.24, 2.45) is 7.05 Å². The lowest BCUT2D eigenvalue weighted by molar-refractivity contribution is 0.0303. The van der Waals surface area contributed by atoms with Crippen molar-refractivity contribution >= 4 is 17.5 Å². The first-order chi connectivity index (χ1) is 18.5. The van der Waals surface area contributed by atoms with Gasteiger partial charge in [0, 0.05) is 31.9 Å². The quantitative estimate of drug-likeness (QED) is 0.401. The highest BCUT2D eigenvalue weighted by atomic mass is 19.1. The molecule has 2 aromatic heterocycles. The SMILES string of the molecule is Cn1cc(-c2cc(C(=O)Nc3ccnnc3)c(OCc3ccc(F)cc3)cc2C(=O)N2CCOCC2)cn1. The Labute approximate surface area is 218 Å². The van der Waals surface area contributed by atoms with Crippen molar-refractivity contribution in [1.82, 2.24) is 24.9 Å². The van der Waals surface area contributed by atoms with Gasteiger partial charge in [-0.2, -0.15) is 15.3 Å². The van der Waals surface area contributed by atoms with Crippen LogP contribution in [0.25, 0.3) is 11.1 Å². The van der Waals surface area contributed by atoms with Crippen LogP contribution in [0, 0.1) is 5.82 Å². The molecule has 1 N–H and O–H groups in total. The van der Waals surface area contributed by atoms with E-state index in [4.69, 9.17) is 9.47 Å². The third-order valence-corrected chi connectivity index (χ3v) is 6.06. The molecule has 0 unspecified atom stereocenters. The summed E-state index contributed by atoms with van der Waals surface area (Å²) in [6.07, 6.45) is 6.31. The number of carbonyl (C=O) groups excluding carboxylic acids is 2. The zero-order valence-corrected chi connectivity index (χ0v) is 20.6. The van der Waals surface area contributed by atoms with Gasteiger partial charge in [-0.15, -0.1) is 0 Å². The fourth-order valence-electron chi connectivity index (χ4n) is 4.09. The maximum atomic E-state index is 13.7. The van der Waals surface area contributed by atoms with Gasteiger partial charge in [-0.1, -0.05) is 12.1 Å². The molecule has 194 valence electrons. The van der Waals surface area contributed by atoms with Gasteiger partial charge in [-0.05, 0) is 41.5 Å². The van der Waals surface area contributed by atoms with Crippen molar-refractivity contribution in [2.75, 3.05) is 31.6 Å². The van der Waals surface area contributed by atoms with Crippen LogP contribution in [0.1, 0.15) is 26.3 Å². The monoisotopic (exact) mass is 516 g/mol. The topological polar surface area (TPSA) is 111 Å². The highest BCUT2D eigenvalue weighted by Gasteiger charge is 2.26. The summed E-state index contributed by atoms with van der Waals surface area (Å²) < 4.78 is 26.5. The fraction of sp³-hybridized carbons (Fsp3) is 0.222. The Morgan fingerprint density at radius 3 is 2.53 bits per heavy atom. The summed E-state index contributed by atoms with van der Waals surface area (Å²) in [7, 11) is 1.78. The minimum absolute atomic E-state index is 0.0643. The third kappa shape index (κ3) is 5.68. The molecule has 0 aliphatic carbocycles. The van der Waals surface area contributed by atoms with Crippen molar-refractivity contribution in [3.8, 4) is 16.9 Å². The van der Waals surface area contributed by atoms with Crippen molar-refractivity contribution in [2.45, 2.75) is 6.61 Å². The van der Waals surface area contributed by atoms with Crippen molar-refractivity contribution < 1.29 is 23.5 Å². The lowest BCUT2D eigenvalue weighted by Crippen LogP contribution is -2.40. The molecule has 0 saturated carbocycles. The molecule has 2 amide bonds. The maximum Gasteiger partial charge on any atom is 0.259 e. The Bertz CT molecular complexity index is 1440. The van der Waals surface area contributed by atoms with E-state index in [1.165, 1.54) is 24.5 Å². The maximum absolute atomic E-state index is 13.7. The van der Waals surface area contributed by atoms with Gasteiger partial charge >= 0.3 is 0 Å². The summed E-state index contributed by atoms with van der Waals surface area (Å²) >= 11 is 0. The molecular formula is C27H25FN6O4. The van der Waals surface area contributed by atoms with Gasteiger partial charge in [0.1, 0.15) is 18.2 Å². The molecule has 0 atom stereocenters. The van der Waals surface area contributed by atoms with Crippen LogP contribution in [0.3, 0.4) is 0 Å². The summed E-state index contributed by atoms with van der Waals surface area (Å²) in [6, 6.07) is 10.7. The van der Waals surface area contributed by atoms with Gasteiger partial charge in [0.25, 0.3) is 11.8 Å². The number of anilines is 1. The average Bonchev–Trinajstić information content (AvgIpc) is 3.39. The van der Waals surface area contributed by atoms with Crippen LogP contribution in [0.15, 0.2) is 67.3 Å². The Hall–Kier alpha value is -4.64. The normalized spacial score (nSPS) is 13.3. The molecule has 3 heterocycles. The van der Waals surface area contributed by atoms with E-state index in [1.807, 2.05) is 0 Å². The molecule has 5 rings (SSSR count). The highest BCUT2D eigenvalue weighted by molar-refractivity contribution is 6.09. The molecule has 1 aliphatic heterocycles. The van der Waals surface area contributed by atoms with E-state index in [2.05, 4.69) is 20.6 Å². The van der Waals surface area contributed by atoms with E-state index in [0.29, 0.717) is 54.2 Å². The van der Waals surface area contributed by atoms with Crippen LogP contribution < -0.4 is 10.1 Å². The number of benzene rings is 2. The molecule has 10 nitrogen and oxygen atoms in total. The van der Waals surface area contributed by atoms with E-state index in [0.717, 1.165) is 0 Å². The Morgan fingerprint density at radius 1 is 1.05 bits per heavy atom. The number of nitrogens with one attached hydrogen (secondary N) is 1. The second-order valence-electron chi connectivity index (χ2n) is 8.70. The zero-order valence-electron chi connectivity index (χ0n) is 20.6. The van der Waals surface area contributed by atoms with Gasteiger partial charge in [0.05, 0.1) is 48.6 Å². The van der Waals surface area contributed by atoms with Gasteiger partial charge in [-0.25, -0.2) is 4.39 Å². The fourth-order valence-corrected chi connectivity index (χ4v) is 4.09. The smallest absolute Gasteiger partial charge is 0.259 e. The van der Waals surface area contributed by atoms with Crippen LogP contribution in [0.5, 0.6) is 5.75 Å². The molecule has 38 heavy (non-hydrogen) atoms. The largest absolute Gasteiger partial charge is 0.488 e. The number of morpholine rings is 1. The number of amides is 2. The molecule has 2 aromatic carbocycles. The number of ether oxygens (including phenoxy) is 2. The Balaban J connectivity index is 1.58. The highest BCUT2D eigenvalue weighted by Crippen LogP contribution is 2.33. The number of carbonyl (C=O) groups is 2. The van der Waals surface area contributed by atoms with Crippen LogP contribution >= 0.6 is 0 Å². The van der Waals surface area contributed by atoms with Crippen molar-refractivity contribution in [3.63, 3.8) is 0 Å². The average molecular weight is 517 g/mol. The first-order valence-electron chi connectivity index (χ1n) is 12.0. The number of rotatable bonds is 7. The summed E-state index contributed by atoms with van der Waals surface area (Å²) in [5, 5.41) is 14.6. The molecule has 4 aromatic rings. The number of hydrogen-bond donors (Lipinski definition) is 1. The summed E-state index contributed by atoms with van der Waals surface area (Å²) in [5.41, 5.74) is 2.95. The molecule has 11 heteroatoms. The lowest BCUT2D eigenvalue weighted by atomic mass is 9.96. The van der Waals surface area contributed by atoms with E-state index in [9.17, 15) is 14.0 Å². The third-order valence-electron chi connectivity index (χ3n) is 6.06. The van der Waals surface area contributed by atoms with Crippen LogP contribution in [0.4, 0.5) is 10.1 Å². The van der Waals surface area contributed by atoms with Crippen molar-refractivity contribution in [3.05, 3.63) is 89.8 Å². The summed E-state index contributed by atoms with van der Waals surface area (Å²) in [5.74, 6) is -0.816. The standard InChI is InChI=1S/C27H25FN6O4/c1-33-16-19(14-31-33)22-12-24(26(35)32-21-6-7-29-30-15-21)25(38-17-18-2-4-20(28)5-3-18)13-23(22)27(36)34-8-10-37-11-9-34/h2-7,12-16H,8-11,17H2,1H3,(H,29,32,35). The second-order valence-corrected chi connectivity index (χ2v) is 8.70. The minimum Gasteiger partial charge on any atom is -0.488 e. The molecule has 0 radical (unpaired) electrons. The second kappa shape index (κ2) is 11.2. The van der Waals surface area contributed by atoms with E-state index >= 15 is 0 Å². The Morgan fingerprint density at radius 2 is 1.84 bits per heavy atom. The van der Waals surface area contributed by atoms with Gasteiger partial charge in [0.15, 0.2) is 0 Å². The number of aromatic nitrogens is 4. The zero-order chi connectivity index (χ0) is 26.5. The van der Waals surface area contributed by atoms with Gasteiger partial charge in [-0.3, -0.25) is 14.3 Å². The van der Waals surface area contributed by atoms with E-state index < -0.39 is 5.91 Å². The summed E-state index contributed by atoms with van der Waals surface area (Å²) in [4.78, 5) is 28.8. The molecule has 1 saturated heterocycles. The molecular weight excluding hydrogens is 491 g/mol. The first-order valence-corrected chi connectivity index (χ1v) is 12.0. The number of aryl methyl sites for hydroxylation is 1. The molecule has 0 spiro atoms. The van der Waals surface area contributed by atoms with Crippen molar-refractivity contribution in [1.29, 1.82) is 0 Å². The number of halogens is 1. The predicted octanol–water partition coefficient (Wildman–Crippen LogP) is 3.32. The number of nitrogens with zero attached hydrogens (tertiary/aromatic N) is 5. The van der Waals surface area contributed by atoms with E-state index in [1.54, 1.807) is 59.4 Å². The molecule has 1 fully saturated rings. The minimum atomic E-state index is -0.456. The molecule has 1 aliphatic rings. The summed E-state index contributed by atoms with van der Waals surface area (Å²) in [6.45, 7) is 1.86. The lowest BCUT2D eigenvalue weighted by Gasteiger charge is -2.28. The van der Waals surface area contributed by atoms with Crippen LogP contribution in [-0.4, -0.2) is 63.0 Å². The van der Waals surface area contributed by atoms with Crippen LogP contribution in [-0.2, 0) is 18.4 Å². The molecule has 0 bridgehead atoms. The van der Waals surface area contributed by atoms with Crippen LogP contribution in [0.2, 0.25) is 0 Å². The van der Waals surface area contributed by atoms with Gasteiger partial charge < -0.3 is 19.7 Å².